The topological polar surface area (TPSA) is 117 Å². The first-order chi connectivity index (χ1) is 9.45. The van der Waals surface area contributed by atoms with Gasteiger partial charge in [0.1, 0.15) is 11.9 Å². The maximum absolute atomic E-state index is 11.9. The van der Waals surface area contributed by atoms with Crippen LogP contribution in [0.3, 0.4) is 0 Å². The Labute approximate surface area is 116 Å². The highest BCUT2D eigenvalue weighted by Gasteiger charge is 2.22. The number of carboxylic acid groups (broad SMARTS) is 1. The number of rotatable bonds is 8. The highest BCUT2D eigenvalue weighted by Crippen LogP contribution is 2.08. The number of methoxy groups -OCH3 is 1. The van der Waals surface area contributed by atoms with Gasteiger partial charge in [-0.25, -0.2) is 9.78 Å². The summed E-state index contributed by atoms with van der Waals surface area (Å²) >= 11 is 0. The second-order valence-corrected chi connectivity index (χ2v) is 4.70. The number of amides is 1. The quantitative estimate of drug-likeness (QED) is 0.600. The van der Waals surface area contributed by atoms with Gasteiger partial charge in [-0.15, -0.1) is 5.10 Å². The molecule has 0 spiro atoms. The van der Waals surface area contributed by atoms with Crippen LogP contribution in [-0.4, -0.2) is 51.9 Å². The van der Waals surface area contributed by atoms with Gasteiger partial charge in [0, 0.05) is 19.6 Å². The van der Waals surface area contributed by atoms with Gasteiger partial charge in [0.2, 0.25) is 5.82 Å². The van der Waals surface area contributed by atoms with Crippen LogP contribution in [0.15, 0.2) is 0 Å². The molecule has 0 fully saturated rings. The fraction of sp³-hybridized carbons (Fsp3) is 0.667. The Morgan fingerprint density at radius 3 is 2.65 bits per heavy atom. The predicted octanol–water partition coefficient (Wildman–Crippen LogP) is 0.538. The molecule has 112 valence electrons. The van der Waals surface area contributed by atoms with Gasteiger partial charge in [0.05, 0.1) is 0 Å². The number of carbonyl (C=O) groups is 2. The van der Waals surface area contributed by atoms with E-state index in [1.807, 2.05) is 13.8 Å². The Balaban J connectivity index is 2.62. The minimum Gasteiger partial charge on any atom is -0.480 e. The van der Waals surface area contributed by atoms with Crippen LogP contribution < -0.4 is 5.32 Å². The van der Waals surface area contributed by atoms with E-state index in [1.165, 1.54) is 7.11 Å². The average molecular weight is 284 g/mol. The Hall–Kier alpha value is -1.96. The molecule has 1 aromatic rings. The van der Waals surface area contributed by atoms with E-state index in [1.54, 1.807) is 0 Å². The number of nitrogens with zero attached hydrogens (tertiary/aromatic N) is 2. The molecule has 1 amide bonds. The summed E-state index contributed by atoms with van der Waals surface area (Å²) in [7, 11) is 1.54. The molecule has 8 nitrogen and oxygen atoms in total. The van der Waals surface area contributed by atoms with Gasteiger partial charge in [-0.3, -0.25) is 9.89 Å². The van der Waals surface area contributed by atoms with Gasteiger partial charge in [0.25, 0.3) is 5.91 Å². The van der Waals surface area contributed by atoms with E-state index in [2.05, 4.69) is 20.5 Å². The number of aliphatic carboxylic acids is 1. The van der Waals surface area contributed by atoms with E-state index in [4.69, 9.17) is 9.84 Å². The zero-order valence-electron chi connectivity index (χ0n) is 11.8. The molecule has 8 heteroatoms. The van der Waals surface area contributed by atoms with Crippen molar-refractivity contribution in [2.24, 2.45) is 0 Å². The van der Waals surface area contributed by atoms with Crippen LogP contribution in [0.4, 0.5) is 0 Å². The molecule has 1 heterocycles. The van der Waals surface area contributed by atoms with Crippen LogP contribution in [0.2, 0.25) is 0 Å². The Morgan fingerprint density at radius 1 is 1.45 bits per heavy atom. The van der Waals surface area contributed by atoms with Crippen LogP contribution in [0.1, 0.15) is 49.1 Å². The van der Waals surface area contributed by atoms with E-state index < -0.39 is 17.9 Å². The van der Waals surface area contributed by atoms with Gasteiger partial charge in [-0.05, 0) is 12.8 Å². The molecule has 0 bridgehead atoms. The zero-order valence-corrected chi connectivity index (χ0v) is 11.8. The number of aromatic amines is 1. The van der Waals surface area contributed by atoms with E-state index in [-0.39, 0.29) is 18.2 Å². The van der Waals surface area contributed by atoms with Gasteiger partial charge >= 0.3 is 5.97 Å². The molecule has 1 rings (SSSR count). The van der Waals surface area contributed by atoms with Crippen molar-refractivity contribution in [2.45, 2.75) is 38.6 Å². The van der Waals surface area contributed by atoms with Crippen LogP contribution in [0, 0.1) is 0 Å². The third kappa shape index (κ3) is 4.61. The van der Waals surface area contributed by atoms with E-state index >= 15 is 0 Å². The van der Waals surface area contributed by atoms with Gasteiger partial charge in [0.15, 0.2) is 0 Å². The van der Waals surface area contributed by atoms with Crippen LogP contribution in [0.5, 0.6) is 0 Å². The summed E-state index contributed by atoms with van der Waals surface area (Å²) in [6.45, 7) is 4.26. The molecular formula is C12H20N4O4. The largest absolute Gasteiger partial charge is 0.480 e. The van der Waals surface area contributed by atoms with Crippen molar-refractivity contribution in [3.05, 3.63) is 11.6 Å². The molecule has 0 aliphatic rings. The predicted molar refractivity (Wildman–Crippen MR) is 70.5 cm³/mol. The number of hydrogen-bond donors (Lipinski definition) is 3. The SMILES string of the molecule is COCCCC(NC(=O)c1n[nH]c(C(C)C)n1)C(=O)O. The smallest absolute Gasteiger partial charge is 0.326 e. The monoisotopic (exact) mass is 284 g/mol. The molecule has 1 aromatic heterocycles. The summed E-state index contributed by atoms with van der Waals surface area (Å²) in [5.41, 5.74) is 0. The standard InChI is InChI=1S/C12H20N4O4/c1-7(2)9-14-10(16-15-9)11(17)13-8(12(18)19)5-4-6-20-3/h7-8H,4-6H2,1-3H3,(H,13,17)(H,18,19)(H,14,15,16). The van der Waals surface area contributed by atoms with Crippen molar-refractivity contribution >= 4 is 11.9 Å². The number of aromatic nitrogens is 3. The summed E-state index contributed by atoms with van der Waals surface area (Å²) in [6.07, 6.45) is 0.829. The van der Waals surface area contributed by atoms with Crippen molar-refractivity contribution in [1.29, 1.82) is 0 Å². The molecular weight excluding hydrogens is 264 g/mol. The molecule has 0 radical (unpaired) electrons. The molecule has 0 aliphatic carbocycles. The third-order valence-corrected chi connectivity index (χ3v) is 2.70. The third-order valence-electron chi connectivity index (χ3n) is 2.70. The first-order valence-corrected chi connectivity index (χ1v) is 6.40. The second kappa shape index (κ2) is 7.59. The Bertz CT molecular complexity index is 458. The number of carboxylic acids is 1. The molecule has 1 unspecified atom stereocenters. The van der Waals surface area contributed by atoms with Crippen molar-refractivity contribution in [2.75, 3.05) is 13.7 Å². The Kier molecular flexibility index (Phi) is 6.10. The zero-order chi connectivity index (χ0) is 15.1. The fourth-order valence-corrected chi connectivity index (χ4v) is 1.55. The molecule has 0 saturated heterocycles. The number of nitrogens with one attached hydrogen (secondary N) is 2. The normalized spacial score (nSPS) is 12.4. The van der Waals surface area contributed by atoms with Crippen LogP contribution in [0.25, 0.3) is 0 Å². The number of hydrogen-bond acceptors (Lipinski definition) is 5. The van der Waals surface area contributed by atoms with Crippen LogP contribution in [-0.2, 0) is 9.53 Å². The summed E-state index contributed by atoms with van der Waals surface area (Å²) < 4.78 is 4.86. The summed E-state index contributed by atoms with van der Waals surface area (Å²) in [4.78, 5) is 27.0. The lowest BCUT2D eigenvalue weighted by atomic mass is 10.1. The number of ether oxygens (including phenoxy) is 1. The van der Waals surface area contributed by atoms with E-state index in [9.17, 15) is 9.59 Å². The molecule has 0 saturated carbocycles. The lowest BCUT2D eigenvalue weighted by molar-refractivity contribution is -0.139. The molecule has 1 atom stereocenters. The minimum absolute atomic E-state index is 0.0494. The highest BCUT2D eigenvalue weighted by atomic mass is 16.5. The maximum Gasteiger partial charge on any atom is 0.326 e. The van der Waals surface area contributed by atoms with Crippen molar-refractivity contribution in [3.8, 4) is 0 Å². The molecule has 0 aromatic carbocycles. The van der Waals surface area contributed by atoms with E-state index in [0.29, 0.717) is 18.9 Å². The summed E-state index contributed by atoms with van der Waals surface area (Å²) in [6, 6.07) is -0.973. The summed E-state index contributed by atoms with van der Waals surface area (Å²) in [5, 5.41) is 17.9. The minimum atomic E-state index is -1.09. The van der Waals surface area contributed by atoms with E-state index in [0.717, 1.165) is 0 Å². The summed E-state index contributed by atoms with van der Waals surface area (Å²) in [5.74, 6) is -1.04. The first kappa shape index (κ1) is 16.1. The maximum atomic E-state index is 11.9. The van der Waals surface area contributed by atoms with Crippen molar-refractivity contribution < 1.29 is 19.4 Å². The molecule has 0 aliphatic heterocycles. The number of carbonyl (C=O) groups excluding carboxylic acids is 1. The van der Waals surface area contributed by atoms with Gasteiger partial charge in [-0.2, -0.15) is 0 Å². The fourth-order valence-electron chi connectivity index (χ4n) is 1.55. The number of H-pyrrole nitrogens is 1. The lowest BCUT2D eigenvalue weighted by Crippen LogP contribution is -2.41. The van der Waals surface area contributed by atoms with Gasteiger partial charge in [-0.1, -0.05) is 13.8 Å². The average Bonchev–Trinajstić information content (AvgIpc) is 2.87. The molecule has 20 heavy (non-hydrogen) atoms. The van der Waals surface area contributed by atoms with Crippen molar-refractivity contribution in [1.82, 2.24) is 20.5 Å². The Morgan fingerprint density at radius 2 is 2.15 bits per heavy atom. The first-order valence-electron chi connectivity index (χ1n) is 6.40. The van der Waals surface area contributed by atoms with Crippen LogP contribution >= 0.6 is 0 Å². The van der Waals surface area contributed by atoms with Gasteiger partial charge < -0.3 is 15.2 Å². The molecule has 3 N–H and O–H groups in total. The highest BCUT2D eigenvalue weighted by molar-refractivity contribution is 5.93. The second-order valence-electron chi connectivity index (χ2n) is 4.70. The lowest BCUT2D eigenvalue weighted by Gasteiger charge is -2.12. The van der Waals surface area contributed by atoms with Crippen molar-refractivity contribution in [3.63, 3.8) is 0 Å².